The summed E-state index contributed by atoms with van der Waals surface area (Å²) in [6.45, 7) is 1.03. The Morgan fingerprint density at radius 1 is 1.37 bits per heavy atom. The second-order valence-corrected chi connectivity index (χ2v) is 6.08. The summed E-state index contributed by atoms with van der Waals surface area (Å²) < 4.78 is 36.3. The van der Waals surface area contributed by atoms with Crippen molar-refractivity contribution in [3.05, 3.63) is 29.8 Å². The minimum Gasteiger partial charge on any atom is -0.349 e. The minimum absolute atomic E-state index is 0.00185. The molecule has 2 rings (SSSR count). The number of likely N-dealkylation sites (N-methyl/N-ethyl adjacent to an activating group) is 1. The molecule has 6 nitrogen and oxygen atoms in total. The Hall–Kier alpha value is -1.46. The van der Waals surface area contributed by atoms with E-state index in [1.807, 2.05) is 6.07 Å². The maximum absolute atomic E-state index is 12.4. The SMILES string of the molecule is CN(CC1OCCO1)S(=O)(=O)c1ccccc1C#N. The largest absolute Gasteiger partial charge is 0.349 e. The summed E-state index contributed by atoms with van der Waals surface area (Å²) in [4.78, 5) is -0.00185. The molecule has 0 atom stereocenters. The Bertz CT molecular complexity index is 588. The molecule has 0 bridgehead atoms. The van der Waals surface area contributed by atoms with Crippen LogP contribution in [0.15, 0.2) is 29.2 Å². The molecule has 1 saturated heterocycles. The zero-order valence-corrected chi connectivity index (χ0v) is 11.3. The molecule has 1 fully saturated rings. The lowest BCUT2D eigenvalue weighted by Gasteiger charge is -2.20. The number of benzene rings is 1. The van der Waals surface area contributed by atoms with Crippen LogP contribution in [0.1, 0.15) is 5.56 Å². The highest BCUT2D eigenvalue weighted by Crippen LogP contribution is 2.19. The molecule has 0 unspecified atom stereocenters. The molecule has 0 amide bonds. The first-order chi connectivity index (χ1) is 9.05. The molecule has 0 N–H and O–H groups in total. The third-order valence-electron chi connectivity index (χ3n) is 2.79. The fourth-order valence-electron chi connectivity index (χ4n) is 1.77. The number of hydrogen-bond acceptors (Lipinski definition) is 5. The van der Waals surface area contributed by atoms with Gasteiger partial charge < -0.3 is 9.47 Å². The van der Waals surface area contributed by atoms with E-state index >= 15 is 0 Å². The van der Waals surface area contributed by atoms with E-state index < -0.39 is 16.3 Å². The molecule has 0 spiro atoms. The van der Waals surface area contributed by atoms with E-state index in [-0.39, 0.29) is 17.0 Å². The number of sulfonamides is 1. The Morgan fingerprint density at radius 3 is 2.63 bits per heavy atom. The molecule has 19 heavy (non-hydrogen) atoms. The minimum atomic E-state index is -3.72. The van der Waals surface area contributed by atoms with Crippen LogP contribution in [-0.2, 0) is 19.5 Å². The smallest absolute Gasteiger partial charge is 0.244 e. The molecular formula is C12H14N2O4S. The Kier molecular flexibility index (Phi) is 4.17. The van der Waals surface area contributed by atoms with Crippen molar-refractivity contribution in [2.45, 2.75) is 11.2 Å². The lowest BCUT2D eigenvalue weighted by Crippen LogP contribution is -2.35. The summed E-state index contributed by atoms with van der Waals surface area (Å²) in [5.74, 6) is 0. The second-order valence-electron chi connectivity index (χ2n) is 4.06. The van der Waals surface area contributed by atoms with E-state index in [0.29, 0.717) is 13.2 Å². The maximum atomic E-state index is 12.4. The van der Waals surface area contributed by atoms with Crippen molar-refractivity contribution in [2.75, 3.05) is 26.8 Å². The van der Waals surface area contributed by atoms with Crippen LogP contribution in [0.5, 0.6) is 0 Å². The third-order valence-corrected chi connectivity index (χ3v) is 4.67. The van der Waals surface area contributed by atoms with E-state index in [9.17, 15) is 8.42 Å². The van der Waals surface area contributed by atoms with Gasteiger partial charge in [-0.25, -0.2) is 8.42 Å². The third kappa shape index (κ3) is 2.93. The first-order valence-electron chi connectivity index (χ1n) is 5.74. The van der Waals surface area contributed by atoms with Crippen molar-refractivity contribution in [1.82, 2.24) is 4.31 Å². The molecule has 1 heterocycles. The Labute approximate surface area is 112 Å². The fourth-order valence-corrected chi connectivity index (χ4v) is 3.07. The quantitative estimate of drug-likeness (QED) is 0.805. The molecule has 1 aliphatic rings. The highest BCUT2D eigenvalue weighted by molar-refractivity contribution is 7.89. The number of rotatable bonds is 4. The molecule has 1 aliphatic heterocycles. The zero-order chi connectivity index (χ0) is 13.9. The molecule has 7 heteroatoms. The van der Waals surface area contributed by atoms with Gasteiger partial charge in [-0.15, -0.1) is 0 Å². The summed E-state index contributed by atoms with van der Waals surface area (Å²) in [6, 6.07) is 7.99. The topological polar surface area (TPSA) is 79.6 Å². The summed E-state index contributed by atoms with van der Waals surface area (Å²) in [5.41, 5.74) is 0.127. The first kappa shape index (κ1) is 14.0. The van der Waals surface area contributed by atoms with Crippen LogP contribution in [-0.4, -0.2) is 45.8 Å². The van der Waals surface area contributed by atoms with Gasteiger partial charge in [-0.05, 0) is 12.1 Å². The van der Waals surface area contributed by atoms with Gasteiger partial charge >= 0.3 is 0 Å². The van der Waals surface area contributed by atoms with E-state index in [1.54, 1.807) is 12.1 Å². The second kappa shape index (κ2) is 5.67. The fraction of sp³-hybridized carbons (Fsp3) is 0.417. The molecule has 0 aliphatic carbocycles. The van der Waals surface area contributed by atoms with Gasteiger partial charge in [0.2, 0.25) is 10.0 Å². The van der Waals surface area contributed by atoms with Crippen molar-refractivity contribution in [3.63, 3.8) is 0 Å². The van der Waals surface area contributed by atoms with Gasteiger partial charge in [0, 0.05) is 7.05 Å². The van der Waals surface area contributed by atoms with Crippen molar-refractivity contribution in [3.8, 4) is 6.07 Å². The lowest BCUT2D eigenvalue weighted by molar-refractivity contribution is -0.0482. The van der Waals surface area contributed by atoms with Crippen LogP contribution in [0.2, 0.25) is 0 Å². The molecule has 102 valence electrons. The zero-order valence-electron chi connectivity index (χ0n) is 10.4. The Balaban J connectivity index is 2.23. The summed E-state index contributed by atoms with van der Waals surface area (Å²) >= 11 is 0. The summed E-state index contributed by atoms with van der Waals surface area (Å²) in [5, 5.41) is 8.97. The van der Waals surface area contributed by atoms with Crippen LogP contribution in [0.25, 0.3) is 0 Å². The van der Waals surface area contributed by atoms with Gasteiger partial charge in [-0.3, -0.25) is 0 Å². The average molecular weight is 282 g/mol. The van der Waals surface area contributed by atoms with E-state index in [1.165, 1.54) is 19.2 Å². The monoisotopic (exact) mass is 282 g/mol. The molecule has 0 radical (unpaired) electrons. The van der Waals surface area contributed by atoms with E-state index in [2.05, 4.69) is 0 Å². The first-order valence-corrected chi connectivity index (χ1v) is 7.18. The van der Waals surface area contributed by atoms with Crippen LogP contribution >= 0.6 is 0 Å². The van der Waals surface area contributed by atoms with Crippen LogP contribution in [0, 0.1) is 11.3 Å². The Morgan fingerprint density at radius 2 is 2.00 bits per heavy atom. The van der Waals surface area contributed by atoms with E-state index in [4.69, 9.17) is 14.7 Å². The molecule has 0 saturated carbocycles. The number of hydrogen-bond donors (Lipinski definition) is 0. The average Bonchev–Trinajstić information content (AvgIpc) is 2.91. The normalized spacial score (nSPS) is 16.7. The summed E-state index contributed by atoms with van der Waals surface area (Å²) in [7, 11) is -2.28. The lowest BCUT2D eigenvalue weighted by atomic mass is 10.2. The van der Waals surface area contributed by atoms with Crippen LogP contribution in [0.4, 0.5) is 0 Å². The molecule has 1 aromatic carbocycles. The predicted molar refractivity (Wildman–Crippen MR) is 66.7 cm³/mol. The van der Waals surface area contributed by atoms with Gasteiger partial charge in [-0.1, -0.05) is 12.1 Å². The van der Waals surface area contributed by atoms with Gasteiger partial charge in [0.05, 0.1) is 30.2 Å². The van der Waals surface area contributed by atoms with Gasteiger partial charge in [0.25, 0.3) is 0 Å². The van der Waals surface area contributed by atoms with E-state index in [0.717, 1.165) is 4.31 Å². The van der Waals surface area contributed by atoms with Crippen molar-refractivity contribution in [2.24, 2.45) is 0 Å². The van der Waals surface area contributed by atoms with Gasteiger partial charge in [-0.2, -0.15) is 9.57 Å². The van der Waals surface area contributed by atoms with Crippen molar-refractivity contribution in [1.29, 1.82) is 5.26 Å². The van der Waals surface area contributed by atoms with Crippen LogP contribution < -0.4 is 0 Å². The van der Waals surface area contributed by atoms with Gasteiger partial charge in [0.1, 0.15) is 6.07 Å². The molecular weight excluding hydrogens is 268 g/mol. The number of nitriles is 1. The molecule has 1 aromatic rings. The summed E-state index contributed by atoms with van der Waals surface area (Å²) in [6.07, 6.45) is -0.547. The number of nitrogens with zero attached hydrogens (tertiary/aromatic N) is 2. The maximum Gasteiger partial charge on any atom is 0.244 e. The standard InChI is InChI=1S/C12H14N2O4S/c1-14(9-12-17-6-7-18-12)19(15,16)11-5-3-2-4-10(11)8-13/h2-5,12H,6-7,9H2,1H3. The van der Waals surface area contributed by atoms with Crippen molar-refractivity contribution < 1.29 is 17.9 Å². The highest BCUT2D eigenvalue weighted by atomic mass is 32.2. The van der Waals surface area contributed by atoms with Gasteiger partial charge in [0.15, 0.2) is 6.29 Å². The molecule has 0 aromatic heterocycles. The number of ether oxygens (including phenoxy) is 2. The highest BCUT2D eigenvalue weighted by Gasteiger charge is 2.28. The van der Waals surface area contributed by atoms with Crippen LogP contribution in [0.3, 0.4) is 0 Å². The van der Waals surface area contributed by atoms with Crippen molar-refractivity contribution >= 4 is 10.0 Å². The predicted octanol–water partition coefficient (Wildman–Crippen LogP) is 0.552.